The van der Waals surface area contributed by atoms with Gasteiger partial charge in [0, 0.05) is 6.54 Å². The second-order valence-corrected chi connectivity index (χ2v) is 4.81. The first-order valence-electron chi connectivity index (χ1n) is 6.36. The topological polar surface area (TPSA) is 72.8 Å². The van der Waals surface area contributed by atoms with E-state index in [1.165, 1.54) is 0 Å². The predicted molar refractivity (Wildman–Crippen MR) is 67.2 cm³/mol. The van der Waals surface area contributed by atoms with Crippen LogP contribution in [0.25, 0.3) is 0 Å². The average molecular weight is 242 g/mol. The fraction of sp³-hybridized carbons (Fsp3) is 0.909. The molecule has 1 fully saturated rings. The Bertz CT molecular complexity index is 263. The van der Waals surface area contributed by atoms with Gasteiger partial charge in [-0.05, 0) is 25.8 Å². The molecule has 5 nitrogen and oxygen atoms in total. The maximum atomic E-state index is 12.3. The molecule has 98 valence electrons. The number of rotatable bonds is 5. The zero-order valence-electron chi connectivity index (χ0n) is 10.9. The van der Waals surface area contributed by atoms with E-state index in [-0.39, 0.29) is 17.9 Å². The molecule has 6 heteroatoms. The minimum Gasteiger partial charge on any atom is -0.426 e. The quantitative estimate of drug-likeness (QED) is 0.575. The third-order valence-electron chi connectivity index (χ3n) is 3.72. The standard InChI is InChI=1S/C11H23BN2O3/c1-4-8(2)10(13-3)11(15)14-7-5-6-9(14)12(16)17/h8-10,13,16-17H,4-7H2,1-3H3/t8-,9-,10-/m0/s1. The van der Waals surface area contributed by atoms with Crippen LogP contribution in [0.2, 0.25) is 0 Å². The van der Waals surface area contributed by atoms with Gasteiger partial charge in [0.15, 0.2) is 0 Å². The van der Waals surface area contributed by atoms with Gasteiger partial charge in [-0.15, -0.1) is 0 Å². The number of likely N-dealkylation sites (tertiary alicyclic amines) is 1. The van der Waals surface area contributed by atoms with E-state index in [1.807, 2.05) is 13.8 Å². The number of nitrogens with zero attached hydrogens (tertiary/aromatic N) is 1. The van der Waals surface area contributed by atoms with Crippen molar-refractivity contribution in [3.05, 3.63) is 0 Å². The Hall–Kier alpha value is -0.585. The summed E-state index contributed by atoms with van der Waals surface area (Å²) in [5.74, 6) is -0.218. The number of likely N-dealkylation sites (N-methyl/N-ethyl adjacent to an activating group) is 1. The summed E-state index contributed by atoms with van der Waals surface area (Å²) in [5, 5.41) is 21.6. The molecule has 1 heterocycles. The van der Waals surface area contributed by atoms with E-state index in [1.54, 1.807) is 11.9 Å². The third kappa shape index (κ3) is 3.21. The van der Waals surface area contributed by atoms with Crippen molar-refractivity contribution in [1.29, 1.82) is 0 Å². The Morgan fingerprint density at radius 1 is 1.59 bits per heavy atom. The fourth-order valence-electron chi connectivity index (χ4n) is 2.44. The summed E-state index contributed by atoms with van der Waals surface area (Å²) in [4.78, 5) is 13.9. The minimum atomic E-state index is -1.43. The Balaban J connectivity index is 2.73. The summed E-state index contributed by atoms with van der Waals surface area (Å²) < 4.78 is 0. The molecule has 1 aliphatic rings. The molecule has 0 aliphatic carbocycles. The number of amides is 1. The summed E-state index contributed by atoms with van der Waals surface area (Å²) in [5.41, 5.74) is 0. The van der Waals surface area contributed by atoms with Gasteiger partial charge in [0.25, 0.3) is 0 Å². The molecule has 1 saturated heterocycles. The number of carbonyl (C=O) groups is 1. The smallest absolute Gasteiger partial charge is 0.426 e. The maximum Gasteiger partial charge on any atom is 0.475 e. The number of nitrogens with one attached hydrogen (secondary N) is 1. The lowest BCUT2D eigenvalue weighted by atomic mass is 9.77. The van der Waals surface area contributed by atoms with Crippen LogP contribution >= 0.6 is 0 Å². The first kappa shape index (κ1) is 14.5. The Morgan fingerprint density at radius 3 is 2.71 bits per heavy atom. The van der Waals surface area contributed by atoms with E-state index in [2.05, 4.69) is 5.32 Å². The van der Waals surface area contributed by atoms with Gasteiger partial charge in [0.2, 0.25) is 5.91 Å². The largest absolute Gasteiger partial charge is 0.475 e. The van der Waals surface area contributed by atoms with Crippen molar-refractivity contribution >= 4 is 13.0 Å². The second-order valence-electron chi connectivity index (χ2n) is 4.81. The molecule has 1 rings (SSSR count). The van der Waals surface area contributed by atoms with Crippen molar-refractivity contribution in [2.75, 3.05) is 13.6 Å². The van der Waals surface area contributed by atoms with E-state index in [0.29, 0.717) is 13.0 Å². The number of hydrogen-bond donors (Lipinski definition) is 3. The zero-order chi connectivity index (χ0) is 13.0. The fourth-order valence-corrected chi connectivity index (χ4v) is 2.44. The van der Waals surface area contributed by atoms with Crippen molar-refractivity contribution < 1.29 is 14.8 Å². The van der Waals surface area contributed by atoms with Crippen LogP contribution in [0.4, 0.5) is 0 Å². The van der Waals surface area contributed by atoms with Crippen LogP contribution in [-0.2, 0) is 4.79 Å². The van der Waals surface area contributed by atoms with Gasteiger partial charge in [-0.3, -0.25) is 4.79 Å². The minimum absolute atomic E-state index is 0.0162. The van der Waals surface area contributed by atoms with E-state index in [9.17, 15) is 14.8 Å². The number of carbonyl (C=O) groups excluding carboxylic acids is 1. The molecule has 3 atom stereocenters. The summed E-state index contributed by atoms with van der Waals surface area (Å²) in [6.07, 6.45) is 2.42. The van der Waals surface area contributed by atoms with E-state index in [0.717, 1.165) is 12.8 Å². The van der Waals surface area contributed by atoms with E-state index in [4.69, 9.17) is 0 Å². The van der Waals surface area contributed by atoms with Crippen LogP contribution in [0, 0.1) is 5.92 Å². The van der Waals surface area contributed by atoms with Gasteiger partial charge >= 0.3 is 7.12 Å². The molecule has 0 radical (unpaired) electrons. The highest BCUT2D eigenvalue weighted by molar-refractivity contribution is 6.43. The molecular weight excluding hydrogens is 219 g/mol. The summed E-state index contributed by atoms with van der Waals surface area (Å²) in [6.45, 7) is 4.69. The van der Waals surface area contributed by atoms with Crippen molar-refractivity contribution in [2.24, 2.45) is 5.92 Å². The molecule has 3 N–H and O–H groups in total. The van der Waals surface area contributed by atoms with E-state index < -0.39 is 13.1 Å². The van der Waals surface area contributed by atoms with Crippen LogP contribution in [-0.4, -0.2) is 53.5 Å². The third-order valence-corrected chi connectivity index (χ3v) is 3.72. The highest BCUT2D eigenvalue weighted by Crippen LogP contribution is 2.21. The van der Waals surface area contributed by atoms with Crippen LogP contribution < -0.4 is 5.32 Å². The molecular formula is C11H23BN2O3. The molecule has 0 bridgehead atoms. The van der Waals surface area contributed by atoms with Gasteiger partial charge in [-0.25, -0.2) is 0 Å². The monoisotopic (exact) mass is 242 g/mol. The lowest BCUT2D eigenvalue weighted by Crippen LogP contribution is -2.53. The van der Waals surface area contributed by atoms with Crippen molar-refractivity contribution in [3.8, 4) is 0 Å². The number of hydrogen-bond acceptors (Lipinski definition) is 4. The van der Waals surface area contributed by atoms with Gasteiger partial charge in [0.1, 0.15) is 0 Å². The molecule has 1 aliphatic heterocycles. The zero-order valence-corrected chi connectivity index (χ0v) is 10.9. The summed E-state index contributed by atoms with van der Waals surface area (Å²) >= 11 is 0. The van der Waals surface area contributed by atoms with Crippen LogP contribution in [0.15, 0.2) is 0 Å². The first-order valence-corrected chi connectivity index (χ1v) is 6.36. The van der Waals surface area contributed by atoms with Gasteiger partial charge in [0.05, 0.1) is 12.0 Å². The normalized spacial score (nSPS) is 23.6. The van der Waals surface area contributed by atoms with Crippen molar-refractivity contribution in [1.82, 2.24) is 10.2 Å². The molecule has 0 saturated carbocycles. The highest BCUT2D eigenvalue weighted by Gasteiger charge is 2.39. The maximum absolute atomic E-state index is 12.3. The lowest BCUT2D eigenvalue weighted by Gasteiger charge is -2.30. The van der Waals surface area contributed by atoms with Crippen LogP contribution in [0.3, 0.4) is 0 Å². The van der Waals surface area contributed by atoms with E-state index >= 15 is 0 Å². The summed E-state index contributed by atoms with van der Waals surface area (Å²) in [7, 11) is 0.339. The van der Waals surface area contributed by atoms with Crippen molar-refractivity contribution in [3.63, 3.8) is 0 Å². The molecule has 0 aromatic rings. The molecule has 0 aromatic heterocycles. The Morgan fingerprint density at radius 2 is 2.24 bits per heavy atom. The SMILES string of the molecule is CC[C@H](C)[C@H](NC)C(=O)N1CCC[C@H]1B(O)O. The lowest BCUT2D eigenvalue weighted by molar-refractivity contribution is -0.134. The molecule has 17 heavy (non-hydrogen) atoms. The van der Waals surface area contributed by atoms with Gasteiger partial charge in [-0.2, -0.15) is 0 Å². The highest BCUT2D eigenvalue weighted by atomic mass is 16.4. The van der Waals surface area contributed by atoms with Gasteiger partial charge < -0.3 is 20.3 Å². The Kier molecular flexibility index (Phi) is 5.43. The molecule has 0 spiro atoms. The van der Waals surface area contributed by atoms with Crippen LogP contribution in [0.1, 0.15) is 33.1 Å². The Labute approximate surface area is 103 Å². The van der Waals surface area contributed by atoms with Gasteiger partial charge in [-0.1, -0.05) is 20.3 Å². The second kappa shape index (κ2) is 6.38. The van der Waals surface area contributed by atoms with Crippen LogP contribution in [0.5, 0.6) is 0 Å². The summed E-state index contributed by atoms with van der Waals surface area (Å²) in [6, 6.07) is -0.237. The predicted octanol–water partition coefficient (Wildman–Crippen LogP) is -0.376. The molecule has 0 aromatic carbocycles. The molecule has 0 unspecified atom stereocenters. The first-order chi connectivity index (χ1) is 8.02. The van der Waals surface area contributed by atoms with Crippen molar-refractivity contribution in [2.45, 2.75) is 45.1 Å². The average Bonchev–Trinajstić information content (AvgIpc) is 2.78. The molecule has 1 amide bonds.